The van der Waals surface area contributed by atoms with Crippen LogP contribution in [-0.4, -0.2) is 41.0 Å². The van der Waals surface area contributed by atoms with Gasteiger partial charge in [0.2, 0.25) is 0 Å². The minimum atomic E-state index is 0.297. The second-order valence-electron chi connectivity index (χ2n) is 5.96. The average molecular weight is 435 g/mol. The van der Waals surface area contributed by atoms with E-state index in [-0.39, 0.29) is 0 Å². The second kappa shape index (κ2) is 12.8. The molecule has 2 aromatic carbocycles. The van der Waals surface area contributed by atoms with Crippen molar-refractivity contribution in [2.24, 2.45) is 0 Å². The molecule has 0 aliphatic carbocycles. The number of rotatable bonds is 12. The molecule has 2 rings (SSSR count). The maximum atomic E-state index is 5.57. The summed E-state index contributed by atoms with van der Waals surface area (Å²) in [5.41, 5.74) is 4.90. The molecule has 0 spiro atoms. The number of hydrogen-bond acceptors (Lipinski definition) is 4. The first kappa shape index (κ1) is 21.8. The Bertz CT molecular complexity index is 683. The standard InChI is InChI=1S/C22H27BrO4/c1-24-16-26-14-12-21(18-6-4-3-5-7-18)22(13-15-27-17-25-2)19-8-10-20(23)11-9-19/h3-11H,12-17H2,1-2H3/b22-21+. The van der Waals surface area contributed by atoms with Gasteiger partial charge >= 0.3 is 0 Å². The number of ether oxygens (including phenoxy) is 4. The largest absolute Gasteiger partial charge is 0.359 e. The fourth-order valence-corrected chi connectivity index (χ4v) is 3.13. The Balaban J connectivity index is 2.36. The summed E-state index contributed by atoms with van der Waals surface area (Å²) in [6, 6.07) is 18.8. The van der Waals surface area contributed by atoms with Crippen molar-refractivity contribution in [3.05, 3.63) is 70.2 Å². The molecule has 0 bridgehead atoms. The van der Waals surface area contributed by atoms with Crippen LogP contribution in [-0.2, 0) is 18.9 Å². The van der Waals surface area contributed by atoms with Crippen molar-refractivity contribution in [1.82, 2.24) is 0 Å². The Morgan fingerprint density at radius 3 is 1.67 bits per heavy atom. The van der Waals surface area contributed by atoms with Crippen molar-refractivity contribution < 1.29 is 18.9 Å². The number of benzene rings is 2. The van der Waals surface area contributed by atoms with E-state index in [0.29, 0.717) is 26.8 Å². The highest BCUT2D eigenvalue weighted by Crippen LogP contribution is 2.32. The van der Waals surface area contributed by atoms with Crippen LogP contribution in [0.25, 0.3) is 11.1 Å². The lowest BCUT2D eigenvalue weighted by Gasteiger charge is -2.17. The van der Waals surface area contributed by atoms with Crippen LogP contribution in [0, 0.1) is 0 Å². The van der Waals surface area contributed by atoms with Gasteiger partial charge in [-0.05, 0) is 47.2 Å². The van der Waals surface area contributed by atoms with Crippen molar-refractivity contribution in [3.63, 3.8) is 0 Å². The van der Waals surface area contributed by atoms with Gasteiger partial charge in [0.1, 0.15) is 13.6 Å². The molecule has 0 radical (unpaired) electrons. The van der Waals surface area contributed by atoms with Crippen LogP contribution in [0.2, 0.25) is 0 Å². The van der Waals surface area contributed by atoms with E-state index in [9.17, 15) is 0 Å². The summed E-state index contributed by atoms with van der Waals surface area (Å²) in [6.45, 7) is 1.78. The van der Waals surface area contributed by atoms with Gasteiger partial charge < -0.3 is 18.9 Å². The lowest BCUT2D eigenvalue weighted by molar-refractivity contribution is -0.0288. The molecule has 0 aliphatic heterocycles. The first-order valence-corrected chi connectivity index (χ1v) is 9.72. The maximum Gasteiger partial charge on any atom is 0.146 e. The lowest BCUT2D eigenvalue weighted by atomic mass is 9.91. The molecule has 2 aromatic rings. The molecule has 0 atom stereocenters. The molecule has 27 heavy (non-hydrogen) atoms. The van der Waals surface area contributed by atoms with Crippen molar-refractivity contribution in [2.75, 3.05) is 41.0 Å². The molecule has 4 nitrogen and oxygen atoms in total. The van der Waals surface area contributed by atoms with Crippen LogP contribution in [0.4, 0.5) is 0 Å². The summed E-state index contributed by atoms with van der Waals surface area (Å²) in [7, 11) is 3.27. The zero-order valence-electron chi connectivity index (χ0n) is 15.9. The normalized spacial score (nSPS) is 12.1. The van der Waals surface area contributed by atoms with Crippen molar-refractivity contribution in [3.8, 4) is 0 Å². The molecule has 0 amide bonds. The van der Waals surface area contributed by atoms with Gasteiger partial charge in [-0.25, -0.2) is 0 Å². The molecular formula is C22H27BrO4. The highest BCUT2D eigenvalue weighted by atomic mass is 79.9. The molecule has 0 heterocycles. The number of halogens is 1. The van der Waals surface area contributed by atoms with Gasteiger partial charge in [0.05, 0.1) is 13.2 Å². The van der Waals surface area contributed by atoms with E-state index in [0.717, 1.165) is 17.3 Å². The molecule has 0 unspecified atom stereocenters. The van der Waals surface area contributed by atoms with Crippen LogP contribution in [0.1, 0.15) is 24.0 Å². The van der Waals surface area contributed by atoms with E-state index in [2.05, 4.69) is 64.5 Å². The summed E-state index contributed by atoms with van der Waals surface area (Å²) < 4.78 is 22.2. The minimum absolute atomic E-state index is 0.297. The Hall–Kier alpha value is -1.50. The second-order valence-corrected chi connectivity index (χ2v) is 6.88. The van der Waals surface area contributed by atoms with E-state index in [1.54, 1.807) is 14.2 Å². The molecular weight excluding hydrogens is 408 g/mol. The van der Waals surface area contributed by atoms with Crippen LogP contribution in [0.3, 0.4) is 0 Å². The number of methoxy groups -OCH3 is 2. The maximum absolute atomic E-state index is 5.57. The fourth-order valence-electron chi connectivity index (χ4n) is 2.86. The third-order valence-electron chi connectivity index (χ3n) is 4.07. The van der Waals surface area contributed by atoms with Crippen LogP contribution in [0.15, 0.2) is 59.1 Å². The SMILES string of the molecule is COCOCC/C(=C(/CCOCOC)c1ccc(Br)cc1)c1ccccc1. The van der Waals surface area contributed by atoms with Crippen molar-refractivity contribution >= 4 is 27.1 Å². The molecule has 0 saturated carbocycles. The smallest absolute Gasteiger partial charge is 0.146 e. The quantitative estimate of drug-likeness (QED) is 0.255. The van der Waals surface area contributed by atoms with E-state index in [1.165, 1.54) is 22.3 Å². The van der Waals surface area contributed by atoms with E-state index in [4.69, 9.17) is 18.9 Å². The van der Waals surface area contributed by atoms with Crippen LogP contribution >= 0.6 is 15.9 Å². The molecule has 0 fully saturated rings. The highest BCUT2D eigenvalue weighted by Gasteiger charge is 2.12. The Kier molecular flexibility index (Phi) is 10.3. The molecule has 0 saturated heterocycles. The Labute approximate surface area is 170 Å². The van der Waals surface area contributed by atoms with Gasteiger partial charge in [0, 0.05) is 18.7 Å². The summed E-state index contributed by atoms with van der Waals surface area (Å²) in [5.74, 6) is 0. The van der Waals surface area contributed by atoms with Gasteiger partial charge in [-0.1, -0.05) is 58.4 Å². The van der Waals surface area contributed by atoms with Gasteiger partial charge in [-0.2, -0.15) is 0 Å². The van der Waals surface area contributed by atoms with Gasteiger partial charge in [0.15, 0.2) is 0 Å². The van der Waals surface area contributed by atoms with E-state index >= 15 is 0 Å². The van der Waals surface area contributed by atoms with E-state index < -0.39 is 0 Å². The third-order valence-corrected chi connectivity index (χ3v) is 4.60. The monoisotopic (exact) mass is 434 g/mol. The van der Waals surface area contributed by atoms with Crippen LogP contribution in [0.5, 0.6) is 0 Å². The summed E-state index contributed by atoms with van der Waals surface area (Å²) in [6.07, 6.45) is 1.59. The van der Waals surface area contributed by atoms with Gasteiger partial charge in [0.25, 0.3) is 0 Å². The average Bonchev–Trinajstić information content (AvgIpc) is 2.70. The van der Waals surface area contributed by atoms with Gasteiger partial charge in [-0.15, -0.1) is 0 Å². The number of hydrogen-bond donors (Lipinski definition) is 0. The first-order chi connectivity index (χ1) is 13.3. The molecule has 0 N–H and O–H groups in total. The Morgan fingerprint density at radius 2 is 1.19 bits per heavy atom. The van der Waals surface area contributed by atoms with Crippen molar-refractivity contribution in [1.29, 1.82) is 0 Å². The summed E-state index contributed by atoms with van der Waals surface area (Å²) in [5, 5.41) is 0. The zero-order chi connectivity index (χ0) is 19.3. The lowest BCUT2D eigenvalue weighted by Crippen LogP contribution is -2.04. The first-order valence-electron chi connectivity index (χ1n) is 8.93. The molecule has 0 aromatic heterocycles. The van der Waals surface area contributed by atoms with E-state index in [1.807, 2.05) is 6.07 Å². The zero-order valence-corrected chi connectivity index (χ0v) is 17.5. The predicted octanol–water partition coefficient (Wildman–Crippen LogP) is 5.38. The minimum Gasteiger partial charge on any atom is -0.359 e. The van der Waals surface area contributed by atoms with Crippen molar-refractivity contribution in [2.45, 2.75) is 12.8 Å². The van der Waals surface area contributed by atoms with Crippen LogP contribution < -0.4 is 0 Å². The third kappa shape index (κ3) is 7.56. The molecule has 5 heteroatoms. The summed E-state index contributed by atoms with van der Waals surface area (Å²) in [4.78, 5) is 0. The highest BCUT2D eigenvalue weighted by molar-refractivity contribution is 9.10. The predicted molar refractivity (Wildman–Crippen MR) is 112 cm³/mol. The molecule has 146 valence electrons. The van der Waals surface area contributed by atoms with Gasteiger partial charge in [-0.3, -0.25) is 0 Å². The Morgan fingerprint density at radius 1 is 0.704 bits per heavy atom. The summed E-state index contributed by atoms with van der Waals surface area (Å²) >= 11 is 3.52. The molecule has 0 aliphatic rings. The topological polar surface area (TPSA) is 36.9 Å². The fraction of sp³-hybridized carbons (Fsp3) is 0.364.